The van der Waals surface area contributed by atoms with Crippen LogP contribution in [0.5, 0.6) is 28.7 Å². The third-order valence-electron chi connectivity index (χ3n) is 14.9. The number of phenolic OH excluding ortho intramolecular Hbond substituents is 2. The van der Waals surface area contributed by atoms with E-state index in [4.69, 9.17) is 18.9 Å². The Morgan fingerprint density at radius 1 is 1.03 bits per heavy atom. The van der Waals surface area contributed by atoms with Gasteiger partial charge in [0.05, 0.1) is 37.4 Å². The number of ether oxygens (including phenoxy) is 4. The number of hydrogen-bond acceptors (Lipinski definition) is 13. The number of aliphatic hydroxyl groups is 3. The lowest BCUT2D eigenvalue weighted by Crippen LogP contribution is -2.62. The highest BCUT2D eigenvalue weighted by molar-refractivity contribution is 5.89. The van der Waals surface area contributed by atoms with Crippen LogP contribution in [0.2, 0.25) is 0 Å². The zero-order chi connectivity index (χ0) is 48.0. The molecule has 10 rings (SSSR count). The van der Waals surface area contributed by atoms with Gasteiger partial charge in [-0.05, 0) is 133 Å². The monoisotopic (exact) mass is 938 g/mol. The SMILES string of the molecule is CNCO[C@]12Cc3c4c(c5c(c3O[C@@H]1c1cc(CCCO)c(O)c(c1)OCCC#C[C@@H]2NCNC[C@@](C)(O)CC(C)C)CC[C@H](CO)O5)-c1ccc(O)c2c1[C@H](C4)[C@@H](c1ccc3c(c1)=CCN=3)C=C2. The average molecular weight is 939 g/mol. The Hall–Kier alpha value is -5.43. The molecule has 4 aromatic carbocycles. The van der Waals surface area contributed by atoms with Gasteiger partial charge >= 0.3 is 0 Å². The van der Waals surface area contributed by atoms with Gasteiger partial charge in [0.25, 0.3) is 0 Å². The number of nitrogens with one attached hydrogen (secondary N) is 3. The Kier molecular flexibility index (Phi) is 13.3. The second-order valence-electron chi connectivity index (χ2n) is 20.3. The molecule has 0 unspecified atom stereocenters. The fourth-order valence-corrected chi connectivity index (χ4v) is 12.0. The predicted molar refractivity (Wildman–Crippen MR) is 264 cm³/mol. The first-order valence-electron chi connectivity index (χ1n) is 24.8. The largest absolute Gasteiger partial charge is 0.507 e. The van der Waals surface area contributed by atoms with Gasteiger partial charge in [0.15, 0.2) is 17.6 Å². The number of allylic oxidation sites excluding steroid dienone is 1. The number of rotatable bonds is 15. The van der Waals surface area contributed by atoms with E-state index in [1.165, 1.54) is 5.56 Å². The molecular weight excluding hydrogens is 873 g/mol. The molecule has 69 heavy (non-hydrogen) atoms. The zero-order valence-corrected chi connectivity index (χ0v) is 40.2. The van der Waals surface area contributed by atoms with E-state index >= 15 is 0 Å². The number of aromatic hydroxyl groups is 2. The number of phenols is 2. The van der Waals surface area contributed by atoms with E-state index in [1.54, 1.807) is 6.07 Å². The standard InChI is InChI=1S/C56H66N4O9/c1-32(2)26-55(3,65)29-58-30-60-48-9-5-6-21-66-47-24-36(23-35(51(47)64)8-7-20-61)54-56(48,67-31-57-4)27-44-43-25-42-38(33-10-16-45-34(22-33)18-19-59-45)13-14-39-46(63)17-15-40(49(39)42)50(43)53-41(52(44)69-54)12-11-37(28-62)68-53/h10,13-18,22-24,32,37-38,42,48,54,57-58,60-65H,6-8,11-12,19-21,25-31H2,1-4H3/t37-,38-,42-,48+,54-,55+,56+/m1/s1. The molecule has 0 amide bonds. The van der Waals surface area contributed by atoms with Crippen molar-refractivity contribution >= 4 is 12.2 Å². The molecule has 8 N–H and O–H groups in total. The van der Waals surface area contributed by atoms with Crippen molar-refractivity contribution in [1.29, 1.82) is 0 Å². The van der Waals surface area contributed by atoms with Crippen molar-refractivity contribution in [2.45, 2.75) is 113 Å². The molecule has 0 saturated heterocycles. The van der Waals surface area contributed by atoms with Crippen LogP contribution < -0.4 is 40.7 Å². The van der Waals surface area contributed by atoms with Crippen molar-refractivity contribution in [2.75, 3.05) is 53.4 Å². The number of aryl methyl sites for hydroxylation is 1. The smallest absolute Gasteiger partial charge is 0.161 e. The third kappa shape index (κ3) is 8.79. The van der Waals surface area contributed by atoms with Crippen LogP contribution in [0.1, 0.15) is 109 Å². The van der Waals surface area contributed by atoms with Crippen molar-refractivity contribution in [1.82, 2.24) is 16.0 Å². The van der Waals surface area contributed by atoms with E-state index in [0.717, 1.165) is 55.1 Å². The van der Waals surface area contributed by atoms with E-state index in [2.05, 4.69) is 83.1 Å². The van der Waals surface area contributed by atoms with Gasteiger partial charge in [-0.3, -0.25) is 15.6 Å². The fourth-order valence-electron chi connectivity index (χ4n) is 12.0. The Morgan fingerprint density at radius 2 is 1.90 bits per heavy atom. The lowest BCUT2D eigenvalue weighted by atomic mass is 9.64. The Bertz CT molecular complexity index is 2850. The Labute approximate surface area is 404 Å². The summed E-state index contributed by atoms with van der Waals surface area (Å²) in [4.78, 5) is 4.67. The fraction of sp³-hybridized carbons (Fsp3) is 0.482. The Balaban J connectivity index is 1.19. The predicted octanol–water partition coefficient (Wildman–Crippen LogP) is 4.94. The second kappa shape index (κ2) is 19.4. The summed E-state index contributed by atoms with van der Waals surface area (Å²) < 4.78 is 28.1. The van der Waals surface area contributed by atoms with Gasteiger partial charge in [0, 0.05) is 60.8 Å². The van der Waals surface area contributed by atoms with Gasteiger partial charge in [-0.15, -0.1) is 0 Å². The summed E-state index contributed by atoms with van der Waals surface area (Å²) in [5.41, 5.74) is 7.13. The van der Waals surface area contributed by atoms with Gasteiger partial charge in [-0.1, -0.05) is 56.0 Å². The summed E-state index contributed by atoms with van der Waals surface area (Å²) >= 11 is 0. The number of nitrogens with zero attached hydrogens (tertiary/aromatic N) is 1. The van der Waals surface area contributed by atoms with Crippen LogP contribution in [-0.4, -0.2) is 102 Å². The normalized spacial score (nSPS) is 24.4. The summed E-state index contributed by atoms with van der Waals surface area (Å²) in [6.45, 7) is 7.58. The van der Waals surface area contributed by atoms with Crippen molar-refractivity contribution < 1.29 is 44.5 Å². The second-order valence-corrected chi connectivity index (χ2v) is 20.3. The van der Waals surface area contributed by atoms with E-state index in [9.17, 15) is 25.5 Å². The maximum atomic E-state index is 11.6. The highest BCUT2D eigenvalue weighted by Crippen LogP contribution is 2.61. The van der Waals surface area contributed by atoms with Crippen LogP contribution in [0.3, 0.4) is 0 Å². The third-order valence-corrected chi connectivity index (χ3v) is 14.9. The van der Waals surface area contributed by atoms with Crippen LogP contribution in [0.25, 0.3) is 23.3 Å². The molecule has 364 valence electrons. The van der Waals surface area contributed by atoms with Crippen LogP contribution >= 0.6 is 0 Å². The van der Waals surface area contributed by atoms with E-state index in [0.29, 0.717) is 99.9 Å². The van der Waals surface area contributed by atoms with Gasteiger partial charge in [-0.25, -0.2) is 0 Å². The highest BCUT2D eigenvalue weighted by atomic mass is 16.6. The summed E-state index contributed by atoms with van der Waals surface area (Å²) in [7, 11) is 1.85. The minimum absolute atomic E-state index is 0.0235. The zero-order valence-electron chi connectivity index (χ0n) is 40.2. The molecule has 4 heterocycles. The minimum Gasteiger partial charge on any atom is -0.507 e. The molecule has 7 atom stereocenters. The lowest BCUT2D eigenvalue weighted by Gasteiger charge is -2.50. The summed E-state index contributed by atoms with van der Waals surface area (Å²) in [6.07, 6.45) is 9.19. The van der Waals surface area contributed by atoms with Crippen LogP contribution in [-0.2, 0) is 30.4 Å². The number of fused-ring (bicyclic) bond motifs is 12. The molecule has 0 spiro atoms. The molecule has 13 heteroatoms. The maximum absolute atomic E-state index is 11.6. The first-order chi connectivity index (χ1) is 33.4. The first-order valence-corrected chi connectivity index (χ1v) is 24.8. The molecule has 0 aromatic heterocycles. The van der Waals surface area contributed by atoms with E-state index in [-0.39, 0.29) is 49.9 Å². The number of aliphatic hydroxyl groups excluding tert-OH is 2. The van der Waals surface area contributed by atoms with Crippen molar-refractivity contribution in [3.8, 4) is 51.7 Å². The van der Waals surface area contributed by atoms with Gasteiger partial charge in [0.1, 0.15) is 35.0 Å². The molecule has 4 aliphatic heterocycles. The number of benzene rings is 4. The van der Waals surface area contributed by atoms with E-state index < -0.39 is 29.5 Å². The van der Waals surface area contributed by atoms with Crippen molar-refractivity contribution in [3.05, 3.63) is 104 Å². The van der Waals surface area contributed by atoms with Crippen LogP contribution in [0.15, 0.2) is 53.5 Å². The van der Waals surface area contributed by atoms with Crippen molar-refractivity contribution in [2.24, 2.45) is 10.9 Å². The number of hydrogen-bond donors (Lipinski definition) is 8. The van der Waals surface area contributed by atoms with Gasteiger partial charge in [-0.2, -0.15) is 0 Å². The van der Waals surface area contributed by atoms with Gasteiger partial charge < -0.3 is 49.8 Å². The molecular formula is C56H66N4O9. The van der Waals surface area contributed by atoms with Crippen molar-refractivity contribution in [3.63, 3.8) is 0 Å². The highest BCUT2D eigenvalue weighted by Gasteiger charge is 2.55. The molecule has 4 aromatic rings. The average Bonchev–Trinajstić information content (AvgIpc) is 3.81. The molecule has 0 radical (unpaired) electrons. The first kappa shape index (κ1) is 47.3. The summed E-state index contributed by atoms with van der Waals surface area (Å²) in [6, 6.07) is 13.5. The molecule has 13 nitrogen and oxygen atoms in total. The molecule has 0 saturated carbocycles. The lowest BCUT2D eigenvalue weighted by molar-refractivity contribution is -0.141. The van der Waals surface area contributed by atoms with E-state index in [1.807, 2.05) is 32.2 Å². The Morgan fingerprint density at radius 3 is 2.71 bits per heavy atom. The topological polar surface area (TPSA) is 187 Å². The molecule has 2 aliphatic carbocycles. The van der Waals surface area contributed by atoms with Crippen LogP contribution in [0.4, 0.5) is 0 Å². The quantitative estimate of drug-likeness (QED) is 0.0457. The van der Waals surface area contributed by atoms with Crippen LogP contribution in [0, 0.1) is 17.8 Å². The molecule has 0 fully saturated rings. The van der Waals surface area contributed by atoms with Gasteiger partial charge in [0.2, 0.25) is 0 Å². The summed E-state index contributed by atoms with van der Waals surface area (Å²) in [5.74, 6) is 9.16. The maximum Gasteiger partial charge on any atom is 0.161 e. The minimum atomic E-state index is -1.23. The molecule has 2 bridgehead atoms. The summed E-state index contributed by atoms with van der Waals surface area (Å²) in [5, 5.41) is 67.6. The molecule has 6 aliphatic rings.